The molecule has 2 rings (SSSR count). The van der Waals surface area contributed by atoms with Gasteiger partial charge < -0.3 is 10.2 Å². The van der Waals surface area contributed by atoms with Gasteiger partial charge in [-0.1, -0.05) is 6.92 Å². The molecule has 0 amide bonds. The summed E-state index contributed by atoms with van der Waals surface area (Å²) in [6, 6.07) is 4.16. The molecule has 0 aromatic carbocycles. The molecule has 0 bridgehead atoms. The molecule has 1 N–H and O–H groups in total. The van der Waals surface area contributed by atoms with Crippen LogP contribution >= 0.6 is 27.3 Å². The molecule has 4 nitrogen and oxygen atoms in total. The van der Waals surface area contributed by atoms with Crippen molar-refractivity contribution in [1.29, 1.82) is 0 Å². The highest BCUT2D eigenvalue weighted by Crippen LogP contribution is 2.23. The number of nitrogens with one attached hydrogen (secondary N) is 1. The van der Waals surface area contributed by atoms with Gasteiger partial charge in [0.25, 0.3) is 0 Å². The van der Waals surface area contributed by atoms with Crippen LogP contribution in [0.5, 0.6) is 0 Å². The molecule has 0 aliphatic carbocycles. The SMILES string of the molecule is CCCNc1nc(C)cc(N(C)Cc2csc(Br)c2)n1. The third-order valence-electron chi connectivity index (χ3n) is 2.81. The monoisotopic (exact) mass is 354 g/mol. The average Bonchev–Trinajstić information content (AvgIpc) is 2.81. The van der Waals surface area contributed by atoms with Gasteiger partial charge in [-0.05, 0) is 46.3 Å². The van der Waals surface area contributed by atoms with E-state index in [-0.39, 0.29) is 0 Å². The molecule has 0 saturated heterocycles. The summed E-state index contributed by atoms with van der Waals surface area (Å²) in [5, 5.41) is 5.40. The van der Waals surface area contributed by atoms with Crippen molar-refractivity contribution in [2.24, 2.45) is 0 Å². The Morgan fingerprint density at radius 1 is 1.35 bits per heavy atom. The quantitative estimate of drug-likeness (QED) is 0.848. The van der Waals surface area contributed by atoms with Crippen LogP contribution in [0, 0.1) is 6.92 Å². The number of nitrogens with zero attached hydrogens (tertiary/aromatic N) is 3. The molecule has 0 fully saturated rings. The Bertz CT molecular complexity index is 570. The predicted molar refractivity (Wildman–Crippen MR) is 89.7 cm³/mol. The number of rotatable bonds is 6. The molecule has 20 heavy (non-hydrogen) atoms. The normalized spacial score (nSPS) is 10.6. The van der Waals surface area contributed by atoms with E-state index in [0.29, 0.717) is 5.95 Å². The number of aryl methyl sites for hydroxylation is 1. The number of aromatic nitrogens is 2. The van der Waals surface area contributed by atoms with Crippen LogP contribution in [0.2, 0.25) is 0 Å². The number of anilines is 2. The Kier molecular flexibility index (Phi) is 5.37. The zero-order valence-electron chi connectivity index (χ0n) is 12.0. The van der Waals surface area contributed by atoms with E-state index >= 15 is 0 Å². The van der Waals surface area contributed by atoms with E-state index < -0.39 is 0 Å². The fraction of sp³-hybridized carbons (Fsp3) is 0.429. The first kappa shape index (κ1) is 15.3. The van der Waals surface area contributed by atoms with Crippen LogP contribution in [0.25, 0.3) is 0 Å². The number of hydrogen-bond donors (Lipinski definition) is 1. The highest BCUT2D eigenvalue weighted by molar-refractivity contribution is 9.11. The first-order valence-corrected chi connectivity index (χ1v) is 8.29. The first-order chi connectivity index (χ1) is 9.58. The summed E-state index contributed by atoms with van der Waals surface area (Å²) in [5.74, 6) is 1.65. The van der Waals surface area contributed by atoms with E-state index in [1.165, 1.54) is 5.56 Å². The topological polar surface area (TPSA) is 41.1 Å². The van der Waals surface area contributed by atoms with Gasteiger partial charge in [-0.15, -0.1) is 11.3 Å². The third-order valence-corrected chi connectivity index (χ3v) is 4.36. The molecule has 2 heterocycles. The Morgan fingerprint density at radius 2 is 2.15 bits per heavy atom. The van der Waals surface area contributed by atoms with Crippen molar-refractivity contribution in [2.45, 2.75) is 26.8 Å². The number of halogens is 1. The van der Waals surface area contributed by atoms with Crippen LogP contribution in [0.3, 0.4) is 0 Å². The van der Waals surface area contributed by atoms with Crippen molar-refractivity contribution < 1.29 is 0 Å². The molecule has 2 aromatic rings. The zero-order valence-corrected chi connectivity index (χ0v) is 14.4. The molecule has 0 aliphatic heterocycles. The second kappa shape index (κ2) is 7.04. The molecule has 0 saturated carbocycles. The lowest BCUT2D eigenvalue weighted by Crippen LogP contribution is -2.18. The summed E-state index contributed by atoms with van der Waals surface area (Å²) in [6.07, 6.45) is 1.06. The van der Waals surface area contributed by atoms with Crippen molar-refractivity contribution >= 4 is 39.0 Å². The minimum absolute atomic E-state index is 0.709. The van der Waals surface area contributed by atoms with E-state index in [9.17, 15) is 0 Å². The zero-order chi connectivity index (χ0) is 14.5. The smallest absolute Gasteiger partial charge is 0.224 e. The van der Waals surface area contributed by atoms with Gasteiger partial charge in [0.05, 0.1) is 3.79 Å². The fourth-order valence-corrected chi connectivity index (χ4v) is 3.05. The Hall–Kier alpha value is -1.14. The van der Waals surface area contributed by atoms with Crippen LogP contribution in [0.1, 0.15) is 24.6 Å². The van der Waals surface area contributed by atoms with Gasteiger partial charge in [-0.2, -0.15) is 4.98 Å². The first-order valence-electron chi connectivity index (χ1n) is 6.62. The van der Waals surface area contributed by atoms with E-state index in [4.69, 9.17) is 0 Å². The van der Waals surface area contributed by atoms with Crippen molar-refractivity contribution in [3.63, 3.8) is 0 Å². The molecular formula is C14H19BrN4S. The molecule has 0 radical (unpaired) electrons. The lowest BCUT2D eigenvalue weighted by atomic mass is 10.3. The maximum atomic E-state index is 4.57. The van der Waals surface area contributed by atoms with E-state index in [1.807, 2.05) is 13.0 Å². The standard InChI is InChI=1S/C14H19BrN4S/c1-4-5-16-14-17-10(2)6-13(18-14)19(3)8-11-7-12(15)20-9-11/h6-7,9H,4-5,8H2,1-3H3,(H,16,17,18). The van der Waals surface area contributed by atoms with Crippen LogP contribution in [-0.4, -0.2) is 23.6 Å². The van der Waals surface area contributed by atoms with Crippen molar-refractivity contribution in [1.82, 2.24) is 9.97 Å². The lowest BCUT2D eigenvalue weighted by molar-refractivity contribution is 0.881. The highest BCUT2D eigenvalue weighted by atomic mass is 79.9. The Labute approximate surface area is 132 Å². The lowest BCUT2D eigenvalue weighted by Gasteiger charge is -2.18. The molecular weight excluding hydrogens is 336 g/mol. The molecule has 108 valence electrons. The van der Waals surface area contributed by atoms with Gasteiger partial charge in [0.1, 0.15) is 5.82 Å². The summed E-state index contributed by atoms with van der Waals surface area (Å²) < 4.78 is 1.16. The second-order valence-electron chi connectivity index (χ2n) is 4.73. The minimum Gasteiger partial charge on any atom is -0.355 e. The van der Waals surface area contributed by atoms with Crippen LogP contribution in [0.4, 0.5) is 11.8 Å². The largest absolute Gasteiger partial charge is 0.355 e. The van der Waals surface area contributed by atoms with Crippen molar-refractivity contribution in [3.8, 4) is 0 Å². The molecule has 2 aromatic heterocycles. The van der Waals surface area contributed by atoms with E-state index in [0.717, 1.165) is 34.8 Å². The van der Waals surface area contributed by atoms with Gasteiger partial charge in [-0.3, -0.25) is 0 Å². The highest BCUT2D eigenvalue weighted by Gasteiger charge is 2.08. The molecule has 0 spiro atoms. The van der Waals surface area contributed by atoms with Gasteiger partial charge in [-0.25, -0.2) is 4.98 Å². The average molecular weight is 355 g/mol. The molecule has 0 aliphatic rings. The summed E-state index contributed by atoms with van der Waals surface area (Å²) in [4.78, 5) is 11.1. The van der Waals surface area contributed by atoms with Gasteiger partial charge >= 0.3 is 0 Å². The maximum Gasteiger partial charge on any atom is 0.224 e. The fourth-order valence-electron chi connectivity index (χ4n) is 1.85. The second-order valence-corrected chi connectivity index (χ2v) is 7.02. The summed E-state index contributed by atoms with van der Waals surface area (Å²) in [7, 11) is 2.05. The number of hydrogen-bond acceptors (Lipinski definition) is 5. The number of thiophene rings is 1. The molecule has 0 unspecified atom stereocenters. The van der Waals surface area contributed by atoms with Crippen molar-refractivity contribution in [2.75, 3.05) is 23.8 Å². The van der Waals surface area contributed by atoms with E-state index in [2.05, 4.69) is 61.5 Å². The van der Waals surface area contributed by atoms with Gasteiger partial charge in [0.15, 0.2) is 0 Å². The van der Waals surface area contributed by atoms with Crippen LogP contribution < -0.4 is 10.2 Å². The molecule has 0 atom stereocenters. The maximum absolute atomic E-state index is 4.57. The van der Waals surface area contributed by atoms with E-state index in [1.54, 1.807) is 11.3 Å². The van der Waals surface area contributed by atoms with Crippen molar-refractivity contribution in [3.05, 3.63) is 32.6 Å². The summed E-state index contributed by atoms with van der Waals surface area (Å²) >= 11 is 5.20. The third kappa shape index (κ3) is 4.18. The Morgan fingerprint density at radius 3 is 2.80 bits per heavy atom. The summed E-state index contributed by atoms with van der Waals surface area (Å²) in [5.41, 5.74) is 2.26. The summed E-state index contributed by atoms with van der Waals surface area (Å²) in [6.45, 7) is 5.86. The van der Waals surface area contributed by atoms with Gasteiger partial charge in [0.2, 0.25) is 5.95 Å². The van der Waals surface area contributed by atoms with Crippen LogP contribution in [0.15, 0.2) is 21.3 Å². The molecule has 6 heteroatoms. The minimum atomic E-state index is 0.709. The predicted octanol–water partition coefficient (Wildman–Crippen LogP) is 4.07. The Balaban J connectivity index is 2.12. The van der Waals surface area contributed by atoms with Gasteiger partial charge in [0, 0.05) is 31.9 Å². The van der Waals surface area contributed by atoms with Crippen LogP contribution in [-0.2, 0) is 6.54 Å².